The zero-order valence-corrected chi connectivity index (χ0v) is 10.5. The molecule has 4 rings (SSSR count). The van der Waals surface area contributed by atoms with Gasteiger partial charge in [0.15, 0.2) is 11.5 Å². The summed E-state index contributed by atoms with van der Waals surface area (Å²) in [7, 11) is 0. The molecule has 6 heteroatoms. The van der Waals surface area contributed by atoms with Gasteiger partial charge >= 0.3 is 5.97 Å². The summed E-state index contributed by atoms with van der Waals surface area (Å²) in [5.41, 5.74) is 1.25. The monoisotopic (exact) mass is 269 g/mol. The number of aromatic nitrogens is 3. The van der Waals surface area contributed by atoms with E-state index in [1.165, 1.54) is 0 Å². The fraction of sp³-hybridized carbons (Fsp3) is 0.214. The topological polar surface area (TPSA) is 80.6 Å². The second-order valence-electron chi connectivity index (χ2n) is 4.89. The fourth-order valence-electron chi connectivity index (χ4n) is 2.32. The predicted molar refractivity (Wildman–Crippen MR) is 69.6 cm³/mol. The van der Waals surface area contributed by atoms with Crippen molar-refractivity contribution in [2.45, 2.75) is 18.8 Å². The predicted octanol–water partition coefficient (Wildman–Crippen LogP) is 2.56. The summed E-state index contributed by atoms with van der Waals surface area (Å²) in [6, 6.07) is 7.09. The normalized spacial score (nSPS) is 14.8. The minimum atomic E-state index is -1.03. The summed E-state index contributed by atoms with van der Waals surface area (Å²) in [5.74, 6) is 0.668. The Bertz CT molecular complexity index is 801. The van der Waals surface area contributed by atoms with Gasteiger partial charge < -0.3 is 9.52 Å². The van der Waals surface area contributed by atoms with Crippen molar-refractivity contribution in [1.82, 2.24) is 14.6 Å². The number of hydrogen-bond donors (Lipinski definition) is 1. The molecule has 1 fully saturated rings. The van der Waals surface area contributed by atoms with Crippen LogP contribution in [0.25, 0.3) is 17.0 Å². The Morgan fingerprint density at radius 2 is 2.20 bits per heavy atom. The fourth-order valence-corrected chi connectivity index (χ4v) is 2.32. The van der Waals surface area contributed by atoms with Crippen molar-refractivity contribution >= 4 is 11.5 Å². The maximum atomic E-state index is 11.3. The van der Waals surface area contributed by atoms with Crippen molar-refractivity contribution in [2.75, 3.05) is 0 Å². The zero-order chi connectivity index (χ0) is 13.7. The van der Waals surface area contributed by atoms with Gasteiger partial charge in [-0.25, -0.2) is 14.3 Å². The van der Waals surface area contributed by atoms with Gasteiger partial charge in [-0.15, -0.1) is 0 Å². The Morgan fingerprint density at radius 3 is 2.85 bits per heavy atom. The minimum Gasteiger partial charge on any atom is -0.476 e. The summed E-state index contributed by atoms with van der Waals surface area (Å²) < 4.78 is 6.96. The van der Waals surface area contributed by atoms with E-state index < -0.39 is 5.97 Å². The lowest BCUT2D eigenvalue weighted by Gasteiger charge is -2.01. The number of carboxylic acid groups (broad SMARTS) is 1. The molecule has 0 bridgehead atoms. The third kappa shape index (κ3) is 1.61. The first-order chi connectivity index (χ1) is 9.74. The molecule has 0 amide bonds. The number of carbonyl (C=O) groups is 1. The molecule has 0 aliphatic heterocycles. The highest BCUT2D eigenvalue weighted by Crippen LogP contribution is 2.40. The molecule has 0 spiro atoms. The lowest BCUT2D eigenvalue weighted by molar-refractivity contribution is 0.0693. The van der Waals surface area contributed by atoms with Crippen LogP contribution >= 0.6 is 0 Å². The van der Waals surface area contributed by atoms with Gasteiger partial charge in [0, 0.05) is 5.92 Å². The molecule has 3 aromatic rings. The van der Waals surface area contributed by atoms with E-state index in [0.29, 0.717) is 22.9 Å². The van der Waals surface area contributed by atoms with E-state index in [1.54, 1.807) is 29.0 Å². The van der Waals surface area contributed by atoms with E-state index in [2.05, 4.69) is 10.1 Å². The van der Waals surface area contributed by atoms with Gasteiger partial charge in [-0.05, 0) is 37.1 Å². The van der Waals surface area contributed by atoms with Gasteiger partial charge in [0.25, 0.3) is 0 Å². The van der Waals surface area contributed by atoms with Crippen molar-refractivity contribution in [3.63, 3.8) is 0 Å². The van der Waals surface area contributed by atoms with Crippen molar-refractivity contribution in [3.05, 3.63) is 42.0 Å². The quantitative estimate of drug-likeness (QED) is 0.790. The Kier molecular flexibility index (Phi) is 2.20. The Morgan fingerprint density at radius 1 is 1.35 bits per heavy atom. The van der Waals surface area contributed by atoms with Gasteiger partial charge in [-0.1, -0.05) is 0 Å². The van der Waals surface area contributed by atoms with Crippen LogP contribution in [0.1, 0.15) is 35.1 Å². The average molecular weight is 269 g/mol. The van der Waals surface area contributed by atoms with Gasteiger partial charge in [0.05, 0.1) is 11.8 Å². The largest absolute Gasteiger partial charge is 0.476 e. The first kappa shape index (κ1) is 11.2. The van der Waals surface area contributed by atoms with Crippen LogP contribution in [0.4, 0.5) is 0 Å². The Hall–Kier alpha value is -2.63. The van der Waals surface area contributed by atoms with Crippen molar-refractivity contribution in [2.24, 2.45) is 0 Å². The molecule has 1 aliphatic carbocycles. The van der Waals surface area contributed by atoms with E-state index in [0.717, 1.165) is 18.7 Å². The number of rotatable bonds is 3. The number of aromatic carboxylic acids is 1. The van der Waals surface area contributed by atoms with E-state index in [4.69, 9.17) is 4.42 Å². The summed E-state index contributed by atoms with van der Waals surface area (Å²) in [6.07, 6.45) is 3.65. The molecule has 1 N–H and O–H groups in total. The summed E-state index contributed by atoms with van der Waals surface area (Å²) >= 11 is 0. The first-order valence-corrected chi connectivity index (χ1v) is 6.41. The lowest BCUT2D eigenvalue weighted by Crippen LogP contribution is -1.99. The SMILES string of the molecule is O=C(O)c1nc(C2CC2)n2nc(-c3ccco3)ccc12. The molecule has 1 aliphatic rings. The molecule has 0 aromatic carbocycles. The molecule has 0 atom stereocenters. The van der Waals surface area contributed by atoms with Crippen LogP contribution in [0, 0.1) is 0 Å². The van der Waals surface area contributed by atoms with Crippen LogP contribution in [-0.4, -0.2) is 25.7 Å². The number of carboxylic acids is 1. The Labute approximate surface area is 113 Å². The van der Waals surface area contributed by atoms with Crippen LogP contribution in [0.3, 0.4) is 0 Å². The molecule has 3 aromatic heterocycles. The molecule has 1 saturated carbocycles. The molecule has 20 heavy (non-hydrogen) atoms. The van der Waals surface area contributed by atoms with Crippen LogP contribution in [0.5, 0.6) is 0 Å². The maximum absolute atomic E-state index is 11.3. The number of imidazole rings is 1. The van der Waals surface area contributed by atoms with Crippen LogP contribution in [-0.2, 0) is 0 Å². The first-order valence-electron chi connectivity index (χ1n) is 6.41. The number of fused-ring (bicyclic) bond motifs is 1. The van der Waals surface area contributed by atoms with Gasteiger partial charge in [0.2, 0.25) is 0 Å². The van der Waals surface area contributed by atoms with Gasteiger partial charge in [-0.2, -0.15) is 5.10 Å². The second-order valence-corrected chi connectivity index (χ2v) is 4.89. The smallest absolute Gasteiger partial charge is 0.356 e. The third-order valence-corrected chi connectivity index (χ3v) is 3.44. The molecule has 0 saturated heterocycles. The lowest BCUT2D eigenvalue weighted by atomic mass is 10.3. The molecule has 0 unspecified atom stereocenters. The van der Waals surface area contributed by atoms with Crippen LogP contribution < -0.4 is 0 Å². The molecule has 0 radical (unpaired) electrons. The standard InChI is InChI=1S/C14H11N3O3/c18-14(19)12-10-6-5-9(11-2-1-7-20-11)16-17(10)13(15-12)8-3-4-8/h1-2,5-8H,3-4H2,(H,18,19). The maximum Gasteiger partial charge on any atom is 0.356 e. The molecular weight excluding hydrogens is 258 g/mol. The van der Waals surface area contributed by atoms with Crippen molar-refractivity contribution < 1.29 is 14.3 Å². The summed E-state index contributed by atoms with van der Waals surface area (Å²) in [5, 5.41) is 13.7. The zero-order valence-electron chi connectivity index (χ0n) is 10.5. The molecule has 100 valence electrons. The van der Waals surface area contributed by atoms with Crippen molar-refractivity contribution in [3.8, 4) is 11.5 Å². The highest BCUT2D eigenvalue weighted by atomic mass is 16.4. The van der Waals surface area contributed by atoms with Gasteiger partial charge in [0.1, 0.15) is 11.5 Å². The molecular formula is C14H11N3O3. The van der Waals surface area contributed by atoms with E-state index in [1.807, 2.05) is 6.07 Å². The highest BCUT2D eigenvalue weighted by Gasteiger charge is 2.31. The minimum absolute atomic E-state index is 0.0606. The molecule has 3 heterocycles. The van der Waals surface area contributed by atoms with E-state index in [-0.39, 0.29) is 5.69 Å². The van der Waals surface area contributed by atoms with Crippen LogP contribution in [0.2, 0.25) is 0 Å². The number of furan rings is 1. The van der Waals surface area contributed by atoms with Gasteiger partial charge in [-0.3, -0.25) is 0 Å². The summed E-state index contributed by atoms with van der Waals surface area (Å²) in [4.78, 5) is 15.5. The van der Waals surface area contributed by atoms with Crippen molar-refractivity contribution in [1.29, 1.82) is 0 Å². The van der Waals surface area contributed by atoms with E-state index >= 15 is 0 Å². The number of nitrogens with zero attached hydrogens (tertiary/aromatic N) is 3. The Balaban J connectivity index is 1.96. The molecule has 6 nitrogen and oxygen atoms in total. The highest BCUT2D eigenvalue weighted by molar-refractivity contribution is 5.93. The average Bonchev–Trinajstić information content (AvgIpc) is 3.02. The van der Waals surface area contributed by atoms with Crippen LogP contribution in [0.15, 0.2) is 34.9 Å². The number of hydrogen-bond acceptors (Lipinski definition) is 4. The second kappa shape index (κ2) is 3.93. The third-order valence-electron chi connectivity index (χ3n) is 3.44. The summed E-state index contributed by atoms with van der Waals surface area (Å²) in [6.45, 7) is 0. The van der Waals surface area contributed by atoms with E-state index in [9.17, 15) is 9.90 Å².